The molecule has 0 aliphatic heterocycles. The average Bonchev–Trinajstić information content (AvgIpc) is 2.81. The standard InChI is InChI=1S/C19H30O5Si/c1-19(2,3)25(5,6)24-16-12-14(17(21)13-16)11-15(20)9-7-8-10-18(22)23-4/h8,10,12,16H,7,9,11,13H2,1-6H3/b10-8+. The lowest BCUT2D eigenvalue weighted by Gasteiger charge is -2.37. The first kappa shape index (κ1) is 21.5. The zero-order valence-electron chi connectivity index (χ0n) is 16.2. The summed E-state index contributed by atoms with van der Waals surface area (Å²) in [6, 6.07) is 0. The minimum atomic E-state index is -1.94. The molecule has 0 aromatic carbocycles. The molecule has 0 saturated heterocycles. The zero-order valence-corrected chi connectivity index (χ0v) is 17.2. The van der Waals surface area contributed by atoms with E-state index in [-0.39, 0.29) is 29.1 Å². The van der Waals surface area contributed by atoms with Crippen LogP contribution in [0.2, 0.25) is 18.1 Å². The maximum Gasteiger partial charge on any atom is 0.330 e. The predicted molar refractivity (Wildman–Crippen MR) is 99.8 cm³/mol. The van der Waals surface area contributed by atoms with Crippen LogP contribution in [0.5, 0.6) is 0 Å². The molecule has 1 atom stereocenters. The van der Waals surface area contributed by atoms with Crippen LogP contribution in [-0.4, -0.2) is 39.1 Å². The van der Waals surface area contributed by atoms with Crippen LogP contribution in [0, 0.1) is 0 Å². The number of ether oxygens (including phenoxy) is 1. The van der Waals surface area contributed by atoms with Crippen LogP contribution in [0.25, 0.3) is 0 Å². The van der Waals surface area contributed by atoms with Crippen molar-refractivity contribution < 1.29 is 23.5 Å². The largest absolute Gasteiger partial charge is 0.466 e. The molecule has 0 spiro atoms. The Morgan fingerprint density at radius 3 is 2.52 bits per heavy atom. The molecule has 5 nitrogen and oxygen atoms in total. The lowest BCUT2D eigenvalue weighted by atomic mass is 10.0. The molecule has 1 aliphatic carbocycles. The Balaban J connectivity index is 2.55. The maximum absolute atomic E-state index is 12.2. The van der Waals surface area contributed by atoms with Gasteiger partial charge in [-0.3, -0.25) is 9.59 Å². The molecule has 0 aromatic heterocycles. The van der Waals surface area contributed by atoms with E-state index in [9.17, 15) is 14.4 Å². The lowest BCUT2D eigenvalue weighted by Crippen LogP contribution is -2.43. The van der Waals surface area contributed by atoms with Gasteiger partial charge in [0.25, 0.3) is 0 Å². The minimum Gasteiger partial charge on any atom is -0.466 e. The highest BCUT2D eigenvalue weighted by Crippen LogP contribution is 2.38. The molecule has 25 heavy (non-hydrogen) atoms. The van der Waals surface area contributed by atoms with Crippen molar-refractivity contribution >= 4 is 25.9 Å². The van der Waals surface area contributed by atoms with Crippen molar-refractivity contribution in [3.05, 3.63) is 23.8 Å². The summed E-state index contributed by atoms with van der Waals surface area (Å²) in [5, 5.41) is 0.0778. The molecule has 0 amide bonds. The summed E-state index contributed by atoms with van der Waals surface area (Å²) in [7, 11) is -0.640. The smallest absolute Gasteiger partial charge is 0.330 e. The summed E-state index contributed by atoms with van der Waals surface area (Å²) in [4.78, 5) is 35.1. The number of hydrogen-bond acceptors (Lipinski definition) is 5. The van der Waals surface area contributed by atoms with Crippen molar-refractivity contribution in [2.75, 3.05) is 7.11 Å². The van der Waals surface area contributed by atoms with Gasteiger partial charge < -0.3 is 9.16 Å². The van der Waals surface area contributed by atoms with Gasteiger partial charge in [0.05, 0.1) is 13.2 Å². The summed E-state index contributed by atoms with van der Waals surface area (Å²) < 4.78 is 10.7. The molecule has 0 radical (unpaired) electrons. The van der Waals surface area contributed by atoms with Gasteiger partial charge in [-0.2, -0.15) is 0 Å². The zero-order chi connectivity index (χ0) is 19.3. The van der Waals surface area contributed by atoms with Crippen LogP contribution >= 0.6 is 0 Å². The van der Waals surface area contributed by atoms with Crippen LogP contribution in [0.3, 0.4) is 0 Å². The summed E-state index contributed by atoms with van der Waals surface area (Å²) in [5.41, 5.74) is 0.561. The van der Waals surface area contributed by atoms with Gasteiger partial charge in [-0.05, 0) is 30.6 Å². The van der Waals surface area contributed by atoms with Crippen molar-refractivity contribution in [3.63, 3.8) is 0 Å². The highest BCUT2D eigenvalue weighted by Gasteiger charge is 2.40. The molecule has 6 heteroatoms. The van der Waals surface area contributed by atoms with E-state index < -0.39 is 14.3 Å². The molecule has 0 fully saturated rings. The quantitative estimate of drug-likeness (QED) is 0.372. The second-order valence-electron chi connectivity index (χ2n) is 7.92. The van der Waals surface area contributed by atoms with E-state index in [4.69, 9.17) is 4.43 Å². The Kier molecular flexibility index (Phi) is 7.50. The van der Waals surface area contributed by atoms with E-state index in [1.54, 1.807) is 6.08 Å². The summed E-state index contributed by atoms with van der Waals surface area (Å²) in [6.07, 6.45) is 5.75. The minimum absolute atomic E-state index is 0.00200. The van der Waals surface area contributed by atoms with Crippen LogP contribution in [-0.2, 0) is 23.5 Å². The van der Waals surface area contributed by atoms with Gasteiger partial charge in [0.15, 0.2) is 14.1 Å². The van der Waals surface area contributed by atoms with Crippen LogP contribution in [0.1, 0.15) is 46.5 Å². The van der Waals surface area contributed by atoms with Gasteiger partial charge in [-0.1, -0.05) is 26.8 Å². The van der Waals surface area contributed by atoms with E-state index in [1.165, 1.54) is 13.2 Å². The maximum atomic E-state index is 12.2. The number of rotatable bonds is 8. The molecule has 1 unspecified atom stereocenters. The van der Waals surface area contributed by atoms with Gasteiger partial charge in [0, 0.05) is 30.9 Å². The Morgan fingerprint density at radius 2 is 1.96 bits per heavy atom. The summed E-state index contributed by atoms with van der Waals surface area (Å²) in [6.45, 7) is 10.8. The number of allylic oxidation sites excluding steroid dienone is 2. The number of Topliss-reactive ketones (excluding diaryl/α,β-unsaturated/α-hetero) is 2. The highest BCUT2D eigenvalue weighted by atomic mass is 28.4. The normalized spacial score (nSPS) is 18.6. The van der Waals surface area contributed by atoms with Crippen molar-refractivity contribution in [2.45, 2.75) is 70.7 Å². The second-order valence-corrected chi connectivity index (χ2v) is 12.7. The first-order valence-electron chi connectivity index (χ1n) is 8.64. The van der Waals surface area contributed by atoms with Gasteiger partial charge in [0.1, 0.15) is 5.78 Å². The Hall–Kier alpha value is -1.53. The summed E-state index contributed by atoms with van der Waals surface area (Å²) >= 11 is 0. The van der Waals surface area contributed by atoms with Gasteiger partial charge in [-0.25, -0.2) is 4.79 Å². The molecule has 0 N–H and O–H groups in total. The van der Waals surface area contributed by atoms with Gasteiger partial charge in [-0.15, -0.1) is 0 Å². The number of carbonyl (C=O) groups is 3. The lowest BCUT2D eigenvalue weighted by molar-refractivity contribution is -0.134. The Bertz CT molecular complexity index is 581. The molecule has 0 saturated carbocycles. The summed E-state index contributed by atoms with van der Waals surface area (Å²) in [5.74, 6) is -0.448. The SMILES string of the molecule is COC(=O)/C=C/CCC(=O)CC1=CC(O[Si](C)(C)C(C)(C)C)CC1=O. The molecular formula is C19H30O5Si. The number of hydrogen-bond donors (Lipinski definition) is 0. The predicted octanol–water partition coefficient (Wildman–Crippen LogP) is 3.74. The van der Waals surface area contributed by atoms with Crippen molar-refractivity contribution in [3.8, 4) is 0 Å². The molecule has 0 heterocycles. The van der Waals surface area contributed by atoms with E-state index in [0.717, 1.165) is 0 Å². The third-order valence-electron chi connectivity index (χ3n) is 4.82. The molecule has 1 rings (SSSR count). The first-order valence-corrected chi connectivity index (χ1v) is 11.5. The fourth-order valence-corrected chi connectivity index (χ4v) is 3.53. The van der Waals surface area contributed by atoms with Crippen LogP contribution in [0.15, 0.2) is 23.8 Å². The average molecular weight is 367 g/mol. The number of carbonyl (C=O) groups excluding carboxylic acids is 3. The number of ketones is 2. The number of esters is 1. The monoisotopic (exact) mass is 366 g/mol. The van der Waals surface area contributed by atoms with Crippen molar-refractivity contribution in [2.24, 2.45) is 0 Å². The van der Waals surface area contributed by atoms with E-state index >= 15 is 0 Å². The molecule has 0 aromatic rings. The van der Waals surface area contributed by atoms with Crippen LogP contribution < -0.4 is 0 Å². The number of methoxy groups -OCH3 is 1. The fraction of sp³-hybridized carbons (Fsp3) is 0.632. The van der Waals surface area contributed by atoms with E-state index in [0.29, 0.717) is 24.8 Å². The second kappa shape index (κ2) is 8.72. The molecular weight excluding hydrogens is 336 g/mol. The third-order valence-corrected chi connectivity index (χ3v) is 9.32. The van der Waals surface area contributed by atoms with E-state index in [1.807, 2.05) is 6.08 Å². The van der Waals surface area contributed by atoms with E-state index in [2.05, 4.69) is 38.6 Å². The topological polar surface area (TPSA) is 69.7 Å². The third kappa shape index (κ3) is 6.70. The van der Waals surface area contributed by atoms with Gasteiger partial charge in [0.2, 0.25) is 0 Å². The van der Waals surface area contributed by atoms with Crippen molar-refractivity contribution in [1.82, 2.24) is 0 Å². The van der Waals surface area contributed by atoms with Crippen molar-refractivity contribution in [1.29, 1.82) is 0 Å². The molecule has 140 valence electrons. The fourth-order valence-electron chi connectivity index (χ4n) is 2.27. The van der Waals surface area contributed by atoms with Crippen LogP contribution in [0.4, 0.5) is 0 Å². The first-order chi connectivity index (χ1) is 11.5. The Labute approximate surface area is 151 Å². The highest BCUT2D eigenvalue weighted by molar-refractivity contribution is 6.74. The molecule has 1 aliphatic rings. The molecule has 0 bridgehead atoms. The Morgan fingerprint density at radius 1 is 1.32 bits per heavy atom. The van der Waals surface area contributed by atoms with Gasteiger partial charge >= 0.3 is 5.97 Å².